The third-order valence-electron chi connectivity index (χ3n) is 4.15. The van der Waals surface area contributed by atoms with Gasteiger partial charge in [-0.05, 0) is 37.8 Å². The molecule has 0 aliphatic rings. The molecular weight excluding hydrogens is 248 g/mol. The minimum atomic E-state index is -0.0883. The fraction of sp³-hybridized carbons (Fsp3) is 0.588. The van der Waals surface area contributed by atoms with Crippen LogP contribution in [-0.2, 0) is 0 Å². The number of nitrogens with one attached hydrogen (secondary N) is 2. The Morgan fingerprint density at radius 3 is 2.20 bits per heavy atom. The Morgan fingerprint density at radius 1 is 1.05 bits per heavy atom. The van der Waals surface area contributed by atoms with Gasteiger partial charge in [-0.3, -0.25) is 4.79 Å². The zero-order valence-corrected chi connectivity index (χ0v) is 13.3. The Kier molecular flexibility index (Phi) is 6.56. The molecule has 1 amide bonds. The maximum absolute atomic E-state index is 12.6. The molecule has 1 rings (SSSR count). The molecule has 3 heteroatoms. The second kappa shape index (κ2) is 7.93. The van der Waals surface area contributed by atoms with Gasteiger partial charge in [0.15, 0.2) is 0 Å². The van der Waals surface area contributed by atoms with Gasteiger partial charge in [-0.15, -0.1) is 0 Å². The molecule has 0 saturated heterocycles. The summed E-state index contributed by atoms with van der Waals surface area (Å²) in [5.41, 5.74) is 1.57. The molecule has 1 aromatic carbocycles. The molecule has 0 unspecified atom stereocenters. The second-order valence-electron chi connectivity index (χ2n) is 5.27. The summed E-state index contributed by atoms with van der Waals surface area (Å²) in [6.45, 7) is 9.40. The van der Waals surface area contributed by atoms with Crippen molar-refractivity contribution in [2.45, 2.75) is 58.9 Å². The highest BCUT2D eigenvalue weighted by Crippen LogP contribution is 2.22. The van der Waals surface area contributed by atoms with Crippen LogP contribution < -0.4 is 10.6 Å². The number of para-hydroxylation sites is 1. The average Bonchev–Trinajstić information content (AvgIpc) is 2.51. The lowest BCUT2D eigenvalue weighted by atomic mass is 9.89. The van der Waals surface area contributed by atoms with Crippen LogP contribution in [-0.4, -0.2) is 18.0 Å². The Morgan fingerprint density at radius 2 is 1.65 bits per heavy atom. The van der Waals surface area contributed by atoms with Crippen molar-refractivity contribution in [2.24, 2.45) is 0 Å². The van der Waals surface area contributed by atoms with Crippen LogP contribution in [0.2, 0.25) is 0 Å². The SMILES string of the molecule is CCCNc1ccccc1C(=O)NC(CC)(CC)CC. The fourth-order valence-corrected chi connectivity index (χ4v) is 2.42. The number of hydrogen-bond donors (Lipinski definition) is 2. The van der Waals surface area contributed by atoms with E-state index in [1.165, 1.54) is 0 Å². The van der Waals surface area contributed by atoms with Crippen LogP contribution in [0.5, 0.6) is 0 Å². The summed E-state index contributed by atoms with van der Waals surface area (Å²) in [7, 11) is 0. The number of rotatable bonds is 8. The van der Waals surface area contributed by atoms with Gasteiger partial charge in [0, 0.05) is 17.8 Å². The number of benzene rings is 1. The number of anilines is 1. The molecule has 0 aliphatic heterocycles. The number of hydrogen-bond acceptors (Lipinski definition) is 2. The molecule has 0 heterocycles. The van der Waals surface area contributed by atoms with Crippen LogP contribution in [0, 0.1) is 0 Å². The minimum absolute atomic E-state index is 0.0229. The molecule has 0 atom stereocenters. The van der Waals surface area contributed by atoms with Crippen molar-refractivity contribution in [1.82, 2.24) is 5.32 Å². The van der Waals surface area contributed by atoms with E-state index in [1.54, 1.807) is 0 Å². The van der Waals surface area contributed by atoms with E-state index in [0.29, 0.717) is 0 Å². The molecule has 20 heavy (non-hydrogen) atoms. The van der Waals surface area contributed by atoms with Crippen LogP contribution >= 0.6 is 0 Å². The van der Waals surface area contributed by atoms with E-state index in [0.717, 1.165) is 43.5 Å². The van der Waals surface area contributed by atoms with E-state index in [4.69, 9.17) is 0 Å². The Hall–Kier alpha value is -1.51. The van der Waals surface area contributed by atoms with Crippen LogP contribution in [0.4, 0.5) is 5.69 Å². The molecule has 0 fully saturated rings. The van der Waals surface area contributed by atoms with Gasteiger partial charge in [-0.1, -0.05) is 39.8 Å². The van der Waals surface area contributed by atoms with Crippen molar-refractivity contribution in [3.8, 4) is 0 Å². The lowest BCUT2D eigenvalue weighted by Gasteiger charge is -2.32. The van der Waals surface area contributed by atoms with E-state index in [2.05, 4.69) is 38.3 Å². The van der Waals surface area contributed by atoms with Gasteiger partial charge in [0.2, 0.25) is 0 Å². The molecule has 0 aromatic heterocycles. The van der Waals surface area contributed by atoms with Crippen molar-refractivity contribution in [2.75, 3.05) is 11.9 Å². The molecule has 0 aliphatic carbocycles. The van der Waals surface area contributed by atoms with Crippen LogP contribution in [0.15, 0.2) is 24.3 Å². The normalized spacial score (nSPS) is 11.2. The molecule has 1 aromatic rings. The van der Waals surface area contributed by atoms with Gasteiger partial charge in [0.05, 0.1) is 5.56 Å². The largest absolute Gasteiger partial charge is 0.384 e. The first-order chi connectivity index (χ1) is 9.62. The number of amides is 1. The average molecular weight is 276 g/mol. The van der Waals surface area contributed by atoms with Crippen LogP contribution in [0.25, 0.3) is 0 Å². The maximum atomic E-state index is 12.6. The topological polar surface area (TPSA) is 41.1 Å². The molecule has 0 radical (unpaired) electrons. The first kappa shape index (κ1) is 16.5. The molecule has 0 spiro atoms. The zero-order chi connectivity index (χ0) is 15.0. The number of carbonyl (C=O) groups is 1. The van der Waals surface area contributed by atoms with Crippen molar-refractivity contribution in [1.29, 1.82) is 0 Å². The smallest absolute Gasteiger partial charge is 0.253 e. The first-order valence-corrected chi connectivity index (χ1v) is 7.77. The fourth-order valence-electron chi connectivity index (χ4n) is 2.42. The molecule has 2 N–H and O–H groups in total. The highest BCUT2D eigenvalue weighted by Gasteiger charge is 2.26. The van der Waals surface area contributed by atoms with E-state index in [9.17, 15) is 4.79 Å². The third-order valence-corrected chi connectivity index (χ3v) is 4.15. The molecule has 0 saturated carbocycles. The predicted molar refractivity (Wildman–Crippen MR) is 86.3 cm³/mol. The van der Waals surface area contributed by atoms with E-state index < -0.39 is 0 Å². The van der Waals surface area contributed by atoms with E-state index in [-0.39, 0.29) is 11.4 Å². The third kappa shape index (κ3) is 3.99. The Labute approximate surface area is 123 Å². The second-order valence-corrected chi connectivity index (χ2v) is 5.27. The van der Waals surface area contributed by atoms with Crippen molar-refractivity contribution in [3.63, 3.8) is 0 Å². The van der Waals surface area contributed by atoms with E-state index >= 15 is 0 Å². The quantitative estimate of drug-likeness (QED) is 0.747. The van der Waals surface area contributed by atoms with Crippen LogP contribution in [0.3, 0.4) is 0 Å². The van der Waals surface area contributed by atoms with Crippen molar-refractivity contribution < 1.29 is 4.79 Å². The van der Waals surface area contributed by atoms with Gasteiger partial charge >= 0.3 is 0 Å². The highest BCUT2D eigenvalue weighted by atomic mass is 16.1. The predicted octanol–water partition coefficient (Wildman–Crippen LogP) is 4.21. The zero-order valence-electron chi connectivity index (χ0n) is 13.3. The summed E-state index contributed by atoms with van der Waals surface area (Å²) < 4.78 is 0. The lowest BCUT2D eigenvalue weighted by molar-refractivity contribution is 0.0889. The molecule has 112 valence electrons. The molecular formula is C17H28N2O. The van der Waals surface area contributed by atoms with Gasteiger partial charge in [0.25, 0.3) is 5.91 Å². The summed E-state index contributed by atoms with van der Waals surface area (Å²) in [4.78, 5) is 12.6. The van der Waals surface area contributed by atoms with Gasteiger partial charge in [-0.2, -0.15) is 0 Å². The Bertz CT molecular complexity index is 416. The summed E-state index contributed by atoms with van der Waals surface area (Å²) in [5.74, 6) is 0.0229. The summed E-state index contributed by atoms with van der Waals surface area (Å²) >= 11 is 0. The van der Waals surface area contributed by atoms with Crippen LogP contribution in [0.1, 0.15) is 63.7 Å². The highest BCUT2D eigenvalue weighted by molar-refractivity contribution is 6.00. The molecule has 3 nitrogen and oxygen atoms in total. The minimum Gasteiger partial charge on any atom is -0.384 e. The first-order valence-electron chi connectivity index (χ1n) is 7.77. The van der Waals surface area contributed by atoms with Crippen molar-refractivity contribution in [3.05, 3.63) is 29.8 Å². The van der Waals surface area contributed by atoms with Gasteiger partial charge in [-0.25, -0.2) is 0 Å². The van der Waals surface area contributed by atoms with Gasteiger partial charge in [0.1, 0.15) is 0 Å². The Balaban J connectivity index is 2.91. The lowest BCUT2D eigenvalue weighted by Crippen LogP contribution is -2.47. The van der Waals surface area contributed by atoms with E-state index in [1.807, 2.05) is 24.3 Å². The van der Waals surface area contributed by atoms with Crippen molar-refractivity contribution >= 4 is 11.6 Å². The standard InChI is InChI=1S/C17H28N2O/c1-5-13-18-15-12-10-9-11-14(15)16(20)19-17(6-2,7-3)8-4/h9-12,18H,5-8,13H2,1-4H3,(H,19,20). The summed E-state index contributed by atoms with van der Waals surface area (Å²) in [6, 6.07) is 7.73. The van der Waals surface area contributed by atoms with Gasteiger partial charge < -0.3 is 10.6 Å². The maximum Gasteiger partial charge on any atom is 0.253 e. The monoisotopic (exact) mass is 276 g/mol. The summed E-state index contributed by atoms with van der Waals surface area (Å²) in [5, 5.41) is 6.56. The molecule has 0 bridgehead atoms. The summed E-state index contributed by atoms with van der Waals surface area (Å²) in [6.07, 6.45) is 3.90. The number of carbonyl (C=O) groups excluding carboxylic acids is 1.